The molecule has 2 aromatic heterocycles. The fourth-order valence-electron chi connectivity index (χ4n) is 1.87. The summed E-state index contributed by atoms with van der Waals surface area (Å²) in [5.41, 5.74) is 1.81. The number of ether oxygens (including phenoxy) is 1. The van der Waals surface area contributed by atoms with E-state index in [1.807, 2.05) is 37.3 Å². The molecule has 0 fully saturated rings. The van der Waals surface area contributed by atoms with Crippen LogP contribution in [-0.2, 0) is 0 Å². The molecule has 0 saturated heterocycles. The molecule has 1 aromatic carbocycles. The zero-order valence-electron chi connectivity index (χ0n) is 11.3. The van der Waals surface area contributed by atoms with Gasteiger partial charge in [-0.15, -0.1) is 0 Å². The second-order valence-corrected chi connectivity index (χ2v) is 4.40. The average molecular weight is 266 g/mol. The second-order valence-electron chi connectivity index (χ2n) is 4.40. The molecule has 0 unspecified atom stereocenters. The summed E-state index contributed by atoms with van der Waals surface area (Å²) in [7, 11) is 1.77. The van der Waals surface area contributed by atoms with Crippen molar-refractivity contribution in [2.24, 2.45) is 0 Å². The van der Waals surface area contributed by atoms with Crippen molar-refractivity contribution in [1.82, 2.24) is 15.0 Å². The van der Waals surface area contributed by atoms with Crippen LogP contribution in [0.25, 0.3) is 10.9 Å². The van der Waals surface area contributed by atoms with Crippen LogP contribution >= 0.6 is 0 Å². The lowest BCUT2D eigenvalue weighted by Crippen LogP contribution is -1.99. The van der Waals surface area contributed by atoms with Gasteiger partial charge in [0, 0.05) is 24.2 Å². The Morgan fingerprint density at radius 1 is 1.10 bits per heavy atom. The third kappa shape index (κ3) is 2.38. The summed E-state index contributed by atoms with van der Waals surface area (Å²) in [6, 6.07) is 9.85. The summed E-state index contributed by atoms with van der Waals surface area (Å²) in [5, 5.41) is 3.93. The highest BCUT2D eigenvalue weighted by atomic mass is 16.5. The molecule has 0 amide bonds. The molecule has 0 radical (unpaired) electrons. The molecule has 100 valence electrons. The number of aryl methyl sites for hydroxylation is 1. The summed E-state index contributed by atoms with van der Waals surface area (Å²) in [6.07, 6.45) is 3.42. The number of pyridine rings is 1. The van der Waals surface area contributed by atoms with Gasteiger partial charge in [-0.25, -0.2) is 4.98 Å². The maximum atomic E-state index is 5.81. The van der Waals surface area contributed by atoms with Crippen LogP contribution in [-0.4, -0.2) is 22.0 Å². The first-order valence-corrected chi connectivity index (χ1v) is 6.30. The lowest BCUT2D eigenvalue weighted by Gasteiger charge is -2.09. The SMILES string of the molecule is CNc1ncc(C)c(Oc2cnc3ccccc3c2)n1. The van der Waals surface area contributed by atoms with E-state index in [4.69, 9.17) is 4.74 Å². The number of benzene rings is 1. The van der Waals surface area contributed by atoms with Crippen LogP contribution in [0.2, 0.25) is 0 Å². The van der Waals surface area contributed by atoms with E-state index in [0.717, 1.165) is 16.5 Å². The fraction of sp³-hybridized carbons (Fsp3) is 0.133. The molecular weight excluding hydrogens is 252 g/mol. The molecule has 3 rings (SSSR count). The Labute approximate surface area is 116 Å². The predicted molar refractivity (Wildman–Crippen MR) is 78.1 cm³/mol. The van der Waals surface area contributed by atoms with E-state index in [-0.39, 0.29) is 0 Å². The maximum absolute atomic E-state index is 5.81. The zero-order valence-corrected chi connectivity index (χ0v) is 11.3. The Hall–Kier alpha value is -2.69. The van der Waals surface area contributed by atoms with Gasteiger partial charge in [-0.05, 0) is 19.1 Å². The number of nitrogens with one attached hydrogen (secondary N) is 1. The van der Waals surface area contributed by atoms with Crippen molar-refractivity contribution in [2.45, 2.75) is 6.92 Å². The third-order valence-corrected chi connectivity index (χ3v) is 2.93. The Morgan fingerprint density at radius 3 is 2.80 bits per heavy atom. The number of hydrogen-bond donors (Lipinski definition) is 1. The Kier molecular flexibility index (Phi) is 3.16. The van der Waals surface area contributed by atoms with Gasteiger partial charge in [0.1, 0.15) is 5.75 Å². The van der Waals surface area contributed by atoms with Gasteiger partial charge >= 0.3 is 0 Å². The predicted octanol–water partition coefficient (Wildman–Crippen LogP) is 3.17. The lowest BCUT2D eigenvalue weighted by atomic mass is 10.2. The van der Waals surface area contributed by atoms with Crippen molar-refractivity contribution in [3.63, 3.8) is 0 Å². The number of fused-ring (bicyclic) bond motifs is 1. The lowest BCUT2D eigenvalue weighted by molar-refractivity contribution is 0.457. The Bertz CT molecular complexity index is 758. The Morgan fingerprint density at radius 2 is 1.95 bits per heavy atom. The molecule has 5 nitrogen and oxygen atoms in total. The van der Waals surface area contributed by atoms with Gasteiger partial charge in [0.15, 0.2) is 0 Å². The van der Waals surface area contributed by atoms with Crippen LogP contribution in [0.3, 0.4) is 0 Å². The molecule has 0 atom stereocenters. The highest BCUT2D eigenvalue weighted by Crippen LogP contribution is 2.25. The highest BCUT2D eigenvalue weighted by molar-refractivity contribution is 5.79. The third-order valence-electron chi connectivity index (χ3n) is 2.93. The van der Waals surface area contributed by atoms with Crippen molar-refractivity contribution in [3.05, 3.63) is 48.3 Å². The summed E-state index contributed by atoms with van der Waals surface area (Å²) in [6.45, 7) is 1.91. The average Bonchev–Trinajstić information content (AvgIpc) is 2.49. The molecule has 0 spiro atoms. The molecule has 0 saturated carbocycles. The molecule has 3 aromatic rings. The van der Waals surface area contributed by atoms with Gasteiger partial charge in [-0.2, -0.15) is 4.98 Å². The summed E-state index contributed by atoms with van der Waals surface area (Å²) < 4.78 is 5.81. The summed E-state index contributed by atoms with van der Waals surface area (Å²) >= 11 is 0. The van der Waals surface area contributed by atoms with Gasteiger partial charge < -0.3 is 10.1 Å². The molecule has 0 aliphatic heterocycles. The largest absolute Gasteiger partial charge is 0.437 e. The van der Waals surface area contributed by atoms with E-state index < -0.39 is 0 Å². The van der Waals surface area contributed by atoms with Crippen LogP contribution in [0.1, 0.15) is 5.56 Å². The van der Waals surface area contributed by atoms with E-state index in [1.165, 1.54) is 0 Å². The summed E-state index contributed by atoms with van der Waals surface area (Å²) in [5.74, 6) is 1.72. The number of hydrogen-bond acceptors (Lipinski definition) is 5. The van der Waals surface area contributed by atoms with Crippen molar-refractivity contribution < 1.29 is 4.74 Å². The van der Waals surface area contributed by atoms with Crippen LogP contribution in [0.15, 0.2) is 42.7 Å². The van der Waals surface area contributed by atoms with E-state index >= 15 is 0 Å². The number of anilines is 1. The molecular formula is C15H14N4O. The van der Waals surface area contributed by atoms with Crippen molar-refractivity contribution >= 4 is 16.9 Å². The second kappa shape index (κ2) is 5.13. The zero-order chi connectivity index (χ0) is 13.9. The molecule has 2 heterocycles. The van der Waals surface area contributed by atoms with Gasteiger partial charge in [0.25, 0.3) is 0 Å². The normalized spacial score (nSPS) is 10.5. The minimum atomic E-state index is 0.527. The van der Waals surface area contributed by atoms with E-state index in [2.05, 4.69) is 20.3 Å². The number of rotatable bonds is 3. The first kappa shape index (κ1) is 12.3. The monoisotopic (exact) mass is 266 g/mol. The fourth-order valence-corrected chi connectivity index (χ4v) is 1.87. The molecule has 5 heteroatoms. The molecule has 0 aliphatic rings. The van der Waals surface area contributed by atoms with Gasteiger partial charge in [0.2, 0.25) is 11.8 Å². The van der Waals surface area contributed by atoms with Crippen LogP contribution in [0.4, 0.5) is 5.95 Å². The highest BCUT2D eigenvalue weighted by Gasteiger charge is 2.06. The Balaban J connectivity index is 1.96. The van der Waals surface area contributed by atoms with Crippen LogP contribution in [0, 0.1) is 6.92 Å². The summed E-state index contributed by atoms with van der Waals surface area (Å²) in [4.78, 5) is 12.8. The number of aromatic nitrogens is 3. The minimum Gasteiger partial charge on any atom is -0.437 e. The van der Waals surface area contributed by atoms with E-state index in [0.29, 0.717) is 17.6 Å². The van der Waals surface area contributed by atoms with E-state index in [1.54, 1.807) is 19.4 Å². The van der Waals surface area contributed by atoms with Crippen LogP contribution < -0.4 is 10.1 Å². The first-order chi connectivity index (χ1) is 9.76. The number of nitrogens with zero attached hydrogens (tertiary/aromatic N) is 3. The maximum Gasteiger partial charge on any atom is 0.227 e. The molecule has 0 aliphatic carbocycles. The topological polar surface area (TPSA) is 59.9 Å². The quantitative estimate of drug-likeness (QED) is 0.789. The van der Waals surface area contributed by atoms with Crippen molar-refractivity contribution in [3.8, 4) is 11.6 Å². The number of para-hydroxylation sites is 1. The van der Waals surface area contributed by atoms with Crippen molar-refractivity contribution in [2.75, 3.05) is 12.4 Å². The van der Waals surface area contributed by atoms with E-state index in [9.17, 15) is 0 Å². The van der Waals surface area contributed by atoms with Gasteiger partial charge in [0.05, 0.1) is 11.7 Å². The molecule has 0 bridgehead atoms. The molecule has 1 N–H and O–H groups in total. The first-order valence-electron chi connectivity index (χ1n) is 6.30. The molecule has 20 heavy (non-hydrogen) atoms. The minimum absolute atomic E-state index is 0.527. The van der Waals surface area contributed by atoms with Gasteiger partial charge in [-0.3, -0.25) is 4.98 Å². The van der Waals surface area contributed by atoms with Gasteiger partial charge in [-0.1, -0.05) is 18.2 Å². The standard InChI is InChI=1S/C15H14N4O/c1-10-8-18-15(16-2)19-14(10)20-12-7-11-5-3-4-6-13(11)17-9-12/h3-9H,1-2H3,(H,16,18,19). The van der Waals surface area contributed by atoms with Crippen molar-refractivity contribution in [1.29, 1.82) is 0 Å². The smallest absolute Gasteiger partial charge is 0.227 e. The van der Waals surface area contributed by atoms with Crippen LogP contribution in [0.5, 0.6) is 11.6 Å².